The van der Waals surface area contributed by atoms with Gasteiger partial charge in [0.05, 0.1) is 0 Å². The fourth-order valence-corrected chi connectivity index (χ4v) is 4.63. The van der Waals surface area contributed by atoms with Crippen LogP contribution >= 0.6 is 0 Å². The van der Waals surface area contributed by atoms with Crippen LogP contribution in [0, 0.1) is 17.0 Å². The largest absolute Gasteiger partial charge is 0.381 e. The number of rotatable bonds is 3. The van der Waals surface area contributed by atoms with E-state index in [0.29, 0.717) is 19.3 Å². The van der Waals surface area contributed by atoms with E-state index in [1.165, 1.54) is 0 Å². The van der Waals surface area contributed by atoms with E-state index in [1.807, 2.05) is 0 Å². The fraction of sp³-hybridized carbons (Fsp3) is 0.571. The normalized spacial score (nSPS) is 24.8. The van der Waals surface area contributed by atoms with E-state index in [-0.39, 0.29) is 11.5 Å². The van der Waals surface area contributed by atoms with Gasteiger partial charge >= 0.3 is 0 Å². The van der Waals surface area contributed by atoms with Gasteiger partial charge in [0.2, 0.25) is 10.0 Å². The zero-order valence-electron chi connectivity index (χ0n) is 11.4. The van der Waals surface area contributed by atoms with Crippen LogP contribution < -0.4 is 4.72 Å². The van der Waals surface area contributed by atoms with Gasteiger partial charge in [-0.15, -0.1) is 0 Å². The first-order valence-electron chi connectivity index (χ1n) is 6.98. The van der Waals surface area contributed by atoms with Gasteiger partial charge in [0, 0.05) is 25.3 Å². The molecule has 0 aromatic heterocycles. The van der Waals surface area contributed by atoms with Crippen LogP contribution in [0.25, 0.3) is 0 Å². The maximum absolute atomic E-state index is 13.7. The molecule has 1 saturated heterocycles. The van der Waals surface area contributed by atoms with Crippen molar-refractivity contribution < 1.29 is 21.9 Å². The van der Waals surface area contributed by atoms with E-state index in [9.17, 15) is 17.2 Å². The molecule has 1 spiro atoms. The zero-order chi connectivity index (χ0) is 15.1. The highest BCUT2D eigenvalue weighted by atomic mass is 32.2. The molecule has 7 heteroatoms. The van der Waals surface area contributed by atoms with Crippen molar-refractivity contribution in [3.8, 4) is 0 Å². The molecule has 1 aromatic rings. The molecule has 1 aliphatic heterocycles. The molecule has 1 atom stereocenters. The van der Waals surface area contributed by atoms with Gasteiger partial charge in [-0.1, -0.05) is 0 Å². The minimum Gasteiger partial charge on any atom is -0.381 e. The molecular weight excluding hydrogens is 300 g/mol. The molecule has 2 aliphatic rings. The number of hydrogen-bond donors (Lipinski definition) is 1. The Morgan fingerprint density at radius 1 is 1.19 bits per heavy atom. The van der Waals surface area contributed by atoms with Crippen molar-refractivity contribution >= 4 is 10.0 Å². The minimum absolute atomic E-state index is 0.0676. The highest BCUT2D eigenvalue weighted by Crippen LogP contribution is 2.49. The van der Waals surface area contributed by atoms with Crippen LogP contribution in [0.3, 0.4) is 0 Å². The highest BCUT2D eigenvalue weighted by Gasteiger charge is 2.49. The smallest absolute Gasteiger partial charge is 0.243 e. The van der Waals surface area contributed by atoms with E-state index in [0.717, 1.165) is 37.8 Å². The van der Waals surface area contributed by atoms with Crippen molar-refractivity contribution in [1.82, 2.24) is 4.72 Å². The van der Waals surface area contributed by atoms with Gasteiger partial charge in [0.15, 0.2) is 0 Å². The van der Waals surface area contributed by atoms with Gasteiger partial charge < -0.3 is 4.74 Å². The molecule has 0 radical (unpaired) electrons. The maximum Gasteiger partial charge on any atom is 0.243 e. The Morgan fingerprint density at radius 3 is 2.48 bits per heavy atom. The van der Waals surface area contributed by atoms with Gasteiger partial charge in [-0.25, -0.2) is 21.9 Å². The molecule has 0 amide bonds. The summed E-state index contributed by atoms with van der Waals surface area (Å²) in [6.45, 7) is 1.26. The number of benzene rings is 1. The minimum atomic E-state index is -3.98. The van der Waals surface area contributed by atoms with Gasteiger partial charge in [-0.3, -0.25) is 0 Å². The molecular formula is C14H17F2NO3S. The Kier molecular flexibility index (Phi) is 3.75. The number of hydrogen-bond acceptors (Lipinski definition) is 3. The second-order valence-corrected chi connectivity index (χ2v) is 7.44. The van der Waals surface area contributed by atoms with Crippen molar-refractivity contribution in [3.63, 3.8) is 0 Å². The monoisotopic (exact) mass is 317 g/mol. The Bertz CT molecular complexity index is 642. The predicted molar refractivity (Wildman–Crippen MR) is 72.2 cm³/mol. The summed E-state index contributed by atoms with van der Waals surface area (Å²) in [6.07, 6.45) is 3.32. The quantitative estimate of drug-likeness (QED) is 0.930. The van der Waals surface area contributed by atoms with Crippen LogP contribution in [0.2, 0.25) is 0 Å². The molecule has 116 valence electrons. The van der Waals surface area contributed by atoms with Gasteiger partial charge in [-0.2, -0.15) is 0 Å². The van der Waals surface area contributed by atoms with Crippen LogP contribution in [0.4, 0.5) is 8.78 Å². The summed E-state index contributed by atoms with van der Waals surface area (Å²) in [4.78, 5) is -0.502. The Labute approximate surface area is 122 Å². The maximum atomic E-state index is 13.7. The molecule has 1 heterocycles. The van der Waals surface area contributed by atoms with Crippen molar-refractivity contribution in [3.05, 3.63) is 29.8 Å². The molecule has 1 unspecified atom stereocenters. The van der Waals surface area contributed by atoms with Crippen LogP contribution in [0.5, 0.6) is 0 Å². The Balaban J connectivity index is 1.80. The zero-order valence-corrected chi connectivity index (χ0v) is 12.3. The van der Waals surface area contributed by atoms with Crippen LogP contribution in [-0.4, -0.2) is 27.7 Å². The lowest BCUT2D eigenvalue weighted by Gasteiger charge is -2.51. The SMILES string of the molecule is O=S(=O)(NC1CCC12CCOCC2)c1ccc(F)cc1F. The summed E-state index contributed by atoms with van der Waals surface area (Å²) in [5, 5.41) is 0. The lowest BCUT2D eigenvalue weighted by Crippen LogP contribution is -2.57. The van der Waals surface area contributed by atoms with E-state index in [1.54, 1.807) is 0 Å². The summed E-state index contributed by atoms with van der Waals surface area (Å²) in [5.74, 6) is -1.86. The second-order valence-electron chi connectivity index (χ2n) is 5.76. The first-order valence-corrected chi connectivity index (χ1v) is 8.46. The molecule has 1 saturated carbocycles. The van der Waals surface area contributed by atoms with Crippen molar-refractivity contribution in [2.75, 3.05) is 13.2 Å². The predicted octanol–water partition coefficient (Wildman–Crippen LogP) is 2.20. The third-order valence-electron chi connectivity index (χ3n) is 4.64. The molecule has 2 fully saturated rings. The first kappa shape index (κ1) is 14.9. The van der Waals surface area contributed by atoms with Crippen LogP contribution in [0.1, 0.15) is 25.7 Å². The summed E-state index contributed by atoms with van der Waals surface area (Å²) >= 11 is 0. The van der Waals surface area contributed by atoms with Gasteiger partial charge in [0.25, 0.3) is 0 Å². The average Bonchev–Trinajstić information content (AvgIpc) is 2.44. The summed E-state index contributed by atoms with van der Waals surface area (Å²) < 4.78 is 59.0. The molecule has 1 N–H and O–H groups in total. The Morgan fingerprint density at radius 2 is 1.90 bits per heavy atom. The molecule has 3 rings (SSSR count). The van der Waals surface area contributed by atoms with E-state index in [4.69, 9.17) is 4.74 Å². The average molecular weight is 317 g/mol. The third kappa shape index (κ3) is 2.69. The summed E-state index contributed by atoms with van der Waals surface area (Å²) in [6, 6.07) is 2.29. The van der Waals surface area contributed by atoms with Crippen molar-refractivity contribution in [2.45, 2.75) is 36.6 Å². The highest BCUT2D eigenvalue weighted by molar-refractivity contribution is 7.89. The Hall–Kier alpha value is -1.05. The molecule has 21 heavy (non-hydrogen) atoms. The van der Waals surface area contributed by atoms with Crippen molar-refractivity contribution in [1.29, 1.82) is 0 Å². The summed E-state index contributed by atoms with van der Waals surface area (Å²) in [5.41, 5.74) is -0.0676. The fourth-order valence-electron chi connectivity index (χ4n) is 3.20. The number of ether oxygens (including phenoxy) is 1. The lowest BCUT2D eigenvalue weighted by molar-refractivity contribution is -0.0483. The number of sulfonamides is 1. The van der Waals surface area contributed by atoms with Gasteiger partial charge in [-0.05, 0) is 43.2 Å². The molecule has 0 bridgehead atoms. The third-order valence-corrected chi connectivity index (χ3v) is 6.14. The van der Waals surface area contributed by atoms with Crippen LogP contribution in [-0.2, 0) is 14.8 Å². The molecule has 1 aromatic carbocycles. The van der Waals surface area contributed by atoms with E-state index < -0.39 is 26.6 Å². The van der Waals surface area contributed by atoms with Crippen LogP contribution in [0.15, 0.2) is 23.1 Å². The van der Waals surface area contributed by atoms with E-state index in [2.05, 4.69) is 4.72 Å². The van der Waals surface area contributed by atoms with Crippen molar-refractivity contribution in [2.24, 2.45) is 5.41 Å². The number of nitrogens with one attached hydrogen (secondary N) is 1. The van der Waals surface area contributed by atoms with Gasteiger partial charge in [0.1, 0.15) is 16.5 Å². The first-order chi connectivity index (χ1) is 9.93. The number of halogens is 2. The molecule has 4 nitrogen and oxygen atoms in total. The lowest BCUT2D eigenvalue weighted by atomic mass is 9.60. The standard InChI is InChI=1S/C14H17F2NO3S/c15-10-1-2-12(11(16)9-10)21(18,19)17-13-3-4-14(13)5-7-20-8-6-14/h1-2,9,13,17H,3-8H2. The second kappa shape index (κ2) is 5.30. The molecule has 1 aliphatic carbocycles. The van der Waals surface area contributed by atoms with E-state index >= 15 is 0 Å². The summed E-state index contributed by atoms with van der Waals surface area (Å²) in [7, 11) is -3.98. The topological polar surface area (TPSA) is 55.4 Å².